The number of rotatable bonds is 7. The Kier molecular flexibility index (Phi) is 5.40. The van der Waals surface area contributed by atoms with Gasteiger partial charge in [0.05, 0.1) is 22.4 Å². The fraction of sp³-hybridized carbons (Fsp3) is 0.571. The van der Waals surface area contributed by atoms with Gasteiger partial charge in [-0.3, -0.25) is 0 Å². The minimum Gasteiger partial charge on any atom is -0.382 e. The van der Waals surface area contributed by atoms with Crippen molar-refractivity contribution in [1.29, 1.82) is 0 Å². The Morgan fingerprint density at radius 2 is 2.16 bits per heavy atom. The lowest BCUT2D eigenvalue weighted by atomic mass is 9.99. The molecule has 0 aliphatic rings. The van der Waals surface area contributed by atoms with Crippen molar-refractivity contribution >= 4 is 40.0 Å². The van der Waals surface area contributed by atoms with Crippen LogP contribution >= 0.6 is 23.3 Å². The Balaban J connectivity index is 2.08. The van der Waals surface area contributed by atoms with E-state index < -0.39 is 0 Å². The summed E-state index contributed by atoms with van der Waals surface area (Å²) >= 11 is 7.50. The number of benzene rings is 1. The van der Waals surface area contributed by atoms with Crippen molar-refractivity contribution in [3.63, 3.8) is 0 Å². The predicted octanol–water partition coefficient (Wildman–Crippen LogP) is 4.97. The lowest BCUT2D eigenvalue weighted by Gasteiger charge is -2.17. The number of hydrogen-bond acceptors (Lipinski definition) is 4. The van der Waals surface area contributed by atoms with Crippen LogP contribution in [-0.4, -0.2) is 15.3 Å². The van der Waals surface area contributed by atoms with Crippen LogP contribution in [0.15, 0.2) is 12.1 Å². The molecule has 0 aliphatic carbocycles. The van der Waals surface area contributed by atoms with E-state index in [1.807, 2.05) is 12.1 Å². The number of halogens is 1. The molecule has 19 heavy (non-hydrogen) atoms. The number of aromatic nitrogens is 2. The summed E-state index contributed by atoms with van der Waals surface area (Å²) in [5.74, 6) is 0.692. The van der Waals surface area contributed by atoms with E-state index in [4.69, 9.17) is 11.6 Å². The first-order chi connectivity index (χ1) is 9.26. The molecule has 1 N–H and O–H groups in total. The van der Waals surface area contributed by atoms with Gasteiger partial charge in [-0.15, -0.1) is 0 Å². The van der Waals surface area contributed by atoms with Gasteiger partial charge in [-0.2, -0.15) is 8.75 Å². The van der Waals surface area contributed by atoms with E-state index in [0.717, 1.165) is 28.3 Å². The van der Waals surface area contributed by atoms with Gasteiger partial charge in [0.25, 0.3) is 0 Å². The Morgan fingerprint density at radius 3 is 2.89 bits per heavy atom. The molecule has 0 bridgehead atoms. The molecule has 0 radical (unpaired) electrons. The van der Waals surface area contributed by atoms with Crippen LogP contribution in [0.1, 0.15) is 39.5 Å². The molecule has 1 aromatic heterocycles. The van der Waals surface area contributed by atoms with Gasteiger partial charge in [0.2, 0.25) is 0 Å². The quantitative estimate of drug-likeness (QED) is 0.784. The molecular weight excluding hydrogens is 278 g/mol. The Morgan fingerprint density at radius 1 is 1.32 bits per heavy atom. The standard InChI is InChI=1S/C14H20ClN3S/c1-3-5-6-10(4-2)9-16-13-11(15)7-8-12-14(13)18-19-17-12/h7-8,10,16H,3-6,9H2,1-2H3. The summed E-state index contributed by atoms with van der Waals surface area (Å²) in [4.78, 5) is 0. The van der Waals surface area contributed by atoms with Crippen LogP contribution in [-0.2, 0) is 0 Å². The molecule has 3 nitrogen and oxygen atoms in total. The zero-order valence-corrected chi connectivity index (χ0v) is 13.0. The zero-order valence-electron chi connectivity index (χ0n) is 11.4. The molecular formula is C14H20ClN3S. The monoisotopic (exact) mass is 297 g/mol. The van der Waals surface area contributed by atoms with Gasteiger partial charge in [0, 0.05) is 6.54 Å². The van der Waals surface area contributed by atoms with Crippen LogP contribution in [0.25, 0.3) is 11.0 Å². The number of nitrogens with zero attached hydrogens (tertiary/aromatic N) is 2. The normalized spacial score (nSPS) is 12.8. The van der Waals surface area contributed by atoms with E-state index in [2.05, 4.69) is 27.9 Å². The average Bonchev–Trinajstić information content (AvgIpc) is 2.89. The van der Waals surface area contributed by atoms with Crippen LogP contribution in [0.4, 0.5) is 5.69 Å². The van der Waals surface area contributed by atoms with Crippen molar-refractivity contribution in [3.8, 4) is 0 Å². The fourth-order valence-corrected chi connectivity index (χ4v) is 2.95. The van der Waals surface area contributed by atoms with Crippen LogP contribution < -0.4 is 5.32 Å². The molecule has 5 heteroatoms. The van der Waals surface area contributed by atoms with Crippen molar-refractivity contribution in [3.05, 3.63) is 17.2 Å². The summed E-state index contributed by atoms with van der Waals surface area (Å²) in [6, 6.07) is 3.81. The summed E-state index contributed by atoms with van der Waals surface area (Å²) in [7, 11) is 0. The van der Waals surface area contributed by atoms with Gasteiger partial charge in [-0.25, -0.2) is 0 Å². The van der Waals surface area contributed by atoms with Crippen LogP contribution in [0.2, 0.25) is 5.02 Å². The zero-order chi connectivity index (χ0) is 13.7. The van der Waals surface area contributed by atoms with Gasteiger partial charge >= 0.3 is 0 Å². The first-order valence-corrected chi connectivity index (χ1v) is 8.01. The highest BCUT2D eigenvalue weighted by atomic mass is 35.5. The van der Waals surface area contributed by atoms with Gasteiger partial charge in [0.1, 0.15) is 11.0 Å². The lowest BCUT2D eigenvalue weighted by Crippen LogP contribution is -2.14. The number of nitrogens with one attached hydrogen (secondary N) is 1. The molecule has 0 amide bonds. The number of unbranched alkanes of at least 4 members (excludes halogenated alkanes) is 1. The largest absolute Gasteiger partial charge is 0.382 e. The molecule has 1 aromatic carbocycles. The Bertz CT molecular complexity index is 526. The third-order valence-electron chi connectivity index (χ3n) is 3.49. The average molecular weight is 298 g/mol. The summed E-state index contributed by atoms with van der Waals surface area (Å²) in [6.45, 7) is 5.43. The van der Waals surface area contributed by atoms with Crippen molar-refractivity contribution in [2.45, 2.75) is 39.5 Å². The fourth-order valence-electron chi connectivity index (χ4n) is 2.18. The van der Waals surface area contributed by atoms with Gasteiger partial charge in [-0.1, -0.05) is 44.7 Å². The molecule has 2 rings (SSSR count). The molecule has 104 valence electrons. The third-order valence-corrected chi connectivity index (χ3v) is 4.35. The van der Waals surface area contributed by atoms with Crippen molar-refractivity contribution in [2.75, 3.05) is 11.9 Å². The van der Waals surface area contributed by atoms with Gasteiger partial charge in [-0.05, 0) is 24.5 Å². The molecule has 1 unspecified atom stereocenters. The topological polar surface area (TPSA) is 37.8 Å². The summed E-state index contributed by atoms with van der Waals surface area (Å²) in [5, 5.41) is 4.20. The number of hydrogen-bond donors (Lipinski definition) is 1. The van der Waals surface area contributed by atoms with Crippen molar-refractivity contribution in [1.82, 2.24) is 8.75 Å². The van der Waals surface area contributed by atoms with Crippen LogP contribution in [0.5, 0.6) is 0 Å². The molecule has 0 aliphatic heterocycles. The first-order valence-electron chi connectivity index (χ1n) is 6.90. The first kappa shape index (κ1) is 14.5. The van der Waals surface area contributed by atoms with Crippen molar-refractivity contribution < 1.29 is 0 Å². The highest BCUT2D eigenvalue weighted by Gasteiger charge is 2.12. The third kappa shape index (κ3) is 3.57. The maximum atomic E-state index is 6.27. The second-order valence-electron chi connectivity index (χ2n) is 4.85. The smallest absolute Gasteiger partial charge is 0.129 e. The van der Waals surface area contributed by atoms with E-state index in [9.17, 15) is 0 Å². The molecule has 0 saturated carbocycles. The minimum absolute atomic E-state index is 0.692. The van der Waals surface area contributed by atoms with Gasteiger partial charge in [0.15, 0.2) is 0 Å². The van der Waals surface area contributed by atoms with Gasteiger partial charge < -0.3 is 5.32 Å². The van der Waals surface area contributed by atoms with E-state index in [1.54, 1.807) is 0 Å². The maximum absolute atomic E-state index is 6.27. The van der Waals surface area contributed by atoms with E-state index in [1.165, 1.54) is 37.4 Å². The molecule has 0 saturated heterocycles. The SMILES string of the molecule is CCCCC(CC)CNc1c(Cl)ccc2nsnc12. The number of fused-ring (bicyclic) bond motifs is 1. The predicted molar refractivity (Wildman–Crippen MR) is 84.2 cm³/mol. The van der Waals surface area contributed by atoms with E-state index in [0.29, 0.717) is 5.92 Å². The summed E-state index contributed by atoms with van der Waals surface area (Å²) in [6.07, 6.45) is 5.00. The Hall–Kier alpha value is -0.870. The van der Waals surface area contributed by atoms with E-state index in [-0.39, 0.29) is 0 Å². The highest BCUT2D eigenvalue weighted by Crippen LogP contribution is 2.30. The van der Waals surface area contributed by atoms with E-state index >= 15 is 0 Å². The number of anilines is 1. The molecule has 0 fully saturated rings. The molecule has 1 heterocycles. The summed E-state index contributed by atoms with van der Waals surface area (Å²) in [5.41, 5.74) is 2.74. The highest BCUT2D eigenvalue weighted by molar-refractivity contribution is 7.00. The second-order valence-corrected chi connectivity index (χ2v) is 5.79. The maximum Gasteiger partial charge on any atom is 0.129 e. The van der Waals surface area contributed by atoms with Crippen LogP contribution in [0.3, 0.4) is 0 Å². The summed E-state index contributed by atoms with van der Waals surface area (Å²) < 4.78 is 8.58. The van der Waals surface area contributed by atoms with Crippen LogP contribution in [0, 0.1) is 5.92 Å². The lowest BCUT2D eigenvalue weighted by molar-refractivity contribution is 0.473. The molecule has 0 spiro atoms. The van der Waals surface area contributed by atoms with Crippen molar-refractivity contribution in [2.24, 2.45) is 5.92 Å². The minimum atomic E-state index is 0.692. The molecule has 1 atom stereocenters. The second kappa shape index (κ2) is 7.06. The Labute approximate surface area is 123 Å². The molecule has 2 aromatic rings.